The maximum atomic E-state index is 13.2. The molecule has 0 aromatic heterocycles. The highest BCUT2D eigenvalue weighted by Crippen LogP contribution is 2.36. The molecule has 1 atom stereocenters. The summed E-state index contributed by atoms with van der Waals surface area (Å²) in [6.07, 6.45) is 1.62. The van der Waals surface area contributed by atoms with Gasteiger partial charge in [-0.25, -0.2) is 5.01 Å². The van der Waals surface area contributed by atoms with E-state index in [4.69, 9.17) is 19.6 Å². The number of hydrazone groups is 1. The van der Waals surface area contributed by atoms with Crippen LogP contribution in [-0.2, 0) is 11.4 Å². The third-order valence-electron chi connectivity index (χ3n) is 5.98. The lowest BCUT2D eigenvalue weighted by atomic mass is 10.1. The number of ether oxygens (including phenoxy) is 2. The van der Waals surface area contributed by atoms with Crippen LogP contribution >= 0.6 is 11.8 Å². The normalized spacial score (nSPS) is 16.3. The third-order valence-corrected chi connectivity index (χ3v) is 6.93. The van der Waals surface area contributed by atoms with Gasteiger partial charge in [0.1, 0.15) is 12.3 Å². The molecule has 3 aromatic rings. The highest BCUT2D eigenvalue weighted by Gasteiger charge is 2.34. The van der Waals surface area contributed by atoms with Crippen LogP contribution < -0.4 is 25.4 Å². The minimum absolute atomic E-state index is 0.175. The summed E-state index contributed by atoms with van der Waals surface area (Å²) in [7, 11) is 1.62. The molecule has 0 radical (unpaired) electrons. The van der Waals surface area contributed by atoms with Gasteiger partial charge in [0.25, 0.3) is 5.91 Å². The Labute approximate surface area is 214 Å². The predicted molar refractivity (Wildman–Crippen MR) is 142 cm³/mol. The number of amidine groups is 1. The third kappa shape index (κ3) is 4.95. The van der Waals surface area contributed by atoms with Crippen LogP contribution in [0.15, 0.2) is 82.9 Å². The molecule has 0 unspecified atom stereocenters. The zero-order valence-corrected chi connectivity index (χ0v) is 21.1. The van der Waals surface area contributed by atoms with Crippen LogP contribution in [0.4, 0.5) is 0 Å². The van der Waals surface area contributed by atoms with Crippen molar-refractivity contribution in [2.24, 2.45) is 10.1 Å². The van der Waals surface area contributed by atoms with E-state index in [9.17, 15) is 4.79 Å². The van der Waals surface area contributed by atoms with E-state index < -0.39 is 6.17 Å². The van der Waals surface area contributed by atoms with Gasteiger partial charge in [0, 0.05) is 16.5 Å². The van der Waals surface area contributed by atoms with Crippen molar-refractivity contribution >= 4 is 28.5 Å². The molecule has 0 fully saturated rings. The van der Waals surface area contributed by atoms with Gasteiger partial charge in [0.05, 0.1) is 12.5 Å². The number of hydrogen-bond acceptors (Lipinski definition) is 7. The Morgan fingerprint density at radius 2 is 1.83 bits per heavy atom. The number of carbonyl (C=O) groups is 1. The molecule has 2 aliphatic rings. The Balaban J connectivity index is 1.51. The Morgan fingerprint density at radius 1 is 1.03 bits per heavy atom. The largest absolute Gasteiger partial charge is 0.493 e. The molecular weight excluding hydrogens is 472 g/mol. The Kier molecular flexibility index (Phi) is 7.23. The van der Waals surface area contributed by atoms with Gasteiger partial charge in [-0.3, -0.25) is 15.1 Å². The summed E-state index contributed by atoms with van der Waals surface area (Å²) < 4.78 is 11.7. The second kappa shape index (κ2) is 10.9. The summed E-state index contributed by atoms with van der Waals surface area (Å²) >= 11 is 1.55. The minimum atomic E-state index is -0.514. The van der Waals surface area contributed by atoms with Crippen molar-refractivity contribution in [3.05, 3.63) is 94.5 Å². The number of para-hydroxylation sites is 1. The van der Waals surface area contributed by atoms with Gasteiger partial charge in [-0.2, -0.15) is 0 Å². The van der Waals surface area contributed by atoms with E-state index in [0.29, 0.717) is 29.0 Å². The zero-order chi connectivity index (χ0) is 24.9. The predicted octanol–water partition coefficient (Wildman–Crippen LogP) is 3.95. The molecule has 0 spiro atoms. The molecule has 2 aliphatic heterocycles. The average molecular weight is 501 g/mol. The fraction of sp³-hybridized carbons (Fsp3) is 0.250. The number of methoxy groups -OCH3 is 1. The summed E-state index contributed by atoms with van der Waals surface area (Å²) in [5.74, 6) is 1.95. The molecule has 0 aliphatic carbocycles. The molecule has 3 aromatic carbocycles. The monoisotopic (exact) mass is 500 g/mol. The molecule has 184 valence electrons. The zero-order valence-electron chi connectivity index (χ0n) is 20.3. The topological polar surface area (TPSA) is 75.5 Å². The van der Waals surface area contributed by atoms with E-state index in [0.717, 1.165) is 40.3 Å². The Morgan fingerprint density at radius 3 is 2.64 bits per heavy atom. The van der Waals surface area contributed by atoms with Gasteiger partial charge in [-0.1, -0.05) is 79.7 Å². The van der Waals surface area contributed by atoms with Gasteiger partial charge in [0.15, 0.2) is 22.8 Å². The molecule has 0 saturated carbocycles. The highest BCUT2D eigenvalue weighted by molar-refractivity contribution is 8.13. The fourth-order valence-corrected chi connectivity index (χ4v) is 5.06. The van der Waals surface area contributed by atoms with E-state index in [1.54, 1.807) is 23.9 Å². The van der Waals surface area contributed by atoms with Crippen molar-refractivity contribution < 1.29 is 14.3 Å². The van der Waals surface area contributed by atoms with Crippen LogP contribution in [0.3, 0.4) is 0 Å². The van der Waals surface area contributed by atoms with Crippen LogP contribution in [0.2, 0.25) is 0 Å². The summed E-state index contributed by atoms with van der Waals surface area (Å²) in [5.41, 5.74) is 2.42. The maximum absolute atomic E-state index is 13.2. The van der Waals surface area contributed by atoms with Crippen molar-refractivity contribution in [2.45, 2.75) is 32.5 Å². The van der Waals surface area contributed by atoms with Gasteiger partial charge < -0.3 is 9.47 Å². The molecule has 1 amide bonds. The number of unbranched alkanes of at least 4 members (excludes halogenated alkanes) is 1. The van der Waals surface area contributed by atoms with E-state index >= 15 is 0 Å². The van der Waals surface area contributed by atoms with E-state index in [1.807, 2.05) is 72.8 Å². The molecule has 5 rings (SSSR count). The molecule has 36 heavy (non-hydrogen) atoms. The van der Waals surface area contributed by atoms with Crippen molar-refractivity contribution in [1.82, 2.24) is 10.3 Å². The first kappa shape index (κ1) is 23.9. The van der Waals surface area contributed by atoms with Gasteiger partial charge >= 0.3 is 0 Å². The van der Waals surface area contributed by atoms with E-state index in [2.05, 4.69) is 12.2 Å². The average Bonchev–Trinajstić information content (AvgIpc) is 2.92. The molecule has 2 heterocycles. The molecule has 0 saturated heterocycles. The van der Waals surface area contributed by atoms with Crippen LogP contribution in [0.1, 0.15) is 37.1 Å². The van der Waals surface area contributed by atoms with Gasteiger partial charge in [0.2, 0.25) is 0 Å². The number of amides is 1. The Bertz CT molecular complexity index is 1410. The van der Waals surface area contributed by atoms with Gasteiger partial charge in [-0.15, -0.1) is 5.10 Å². The fourth-order valence-electron chi connectivity index (χ4n) is 4.12. The van der Waals surface area contributed by atoms with Crippen molar-refractivity contribution in [1.29, 1.82) is 0 Å². The standard InChI is InChI=1S/C28H28N4O3S/c1-3-4-16-36-28-30-27(33)25-21-12-8-9-13-22(21)29-26(32(25)31-28)20-14-15-23(24(17-20)34-2)35-18-19-10-6-5-7-11-19/h5-15,17,26H,3-4,16,18H2,1-2H3,(H,30,31,33)/t26-/m1/s1. The number of benzene rings is 3. The van der Waals surface area contributed by atoms with Crippen molar-refractivity contribution in [2.75, 3.05) is 12.9 Å². The first-order chi connectivity index (χ1) is 17.7. The van der Waals surface area contributed by atoms with Crippen molar-refractivity contribution in [3.63, 3.8) is 0 Å². The van der Waals surface area contributed by atoms with Crippen LogP contribution in [0, 0.1) is 0 Å². The quantitative estimate of drug-likeness (QED) is 0.474. The molecule has 7 nitrogen and oxygen atoms in total. The second-order valence-electron chi connectivity index (χ2n) is 8.46. The Hall–Kier alpha value is -3.78. The number of thioether (sulfide) groups is 1. The van der Waals surface area contributed by atoms with Gasteiger partial charge in [-0.05, 0) is 30.2 Å². The maximum Gasteiger partial charge on any atom is 0.276 e. The summed E-state index contributed by atoms with van der Waals surface area (Å²) in [6, 6.07) is 23.4. The molecule has 1 N–H and O–H groups in total. The van der Waals surface area contributed by atoms with Crippen LogP contribution in [0.5, 0.6) is 11.5 Å². The number of carbonyl (C=O) groups excluding carboxylic acids is 1. The summed E-state index contributed by atoms with van der Waals surface area (Å²) in [5, 5.41) is 11.6. The molecular formula is C28H28N4O3S. The van der Waals surface area contributed by atoms with Crippen LogP contribution in [0.25, 0.3) is 5.70 Å². The summed E-state index contributed by atoms with van der Waals surface area (Å²) in [4.78, 5) is 18.2. The lowest BCUT2D eigenvalue weighted by Gasteiger charge is -2.34. The van der Waals surface area contributed by atoms with Crippen LogP contribution in [-0.4, -0.2) is 28.9 Å². The smallest absolute Gasteiger partial charge is 0.276 e. The molecule has 8 heteroatoms. The molecule has 0 bridgehead atoms. The lowest BCUT2D eigenvalue weighted by molar-refractivity contribution is -0.116. The number of nitrogens with one attached hydrogen (secondary N) is 1. The number of rotatable bonds is 8. The first-order valence-electron chi connectivity index (χ1n) is 12.0. The number of nitrogens with zero attached hydrogens (tertiary/aromatic N) is 3. The number of hydrogen-bond donors (Lipinski definition) is 1. The second-order valence-corrected chi connectivity index (χ2v) is 9.54. The first-order valence-corrected chi connectivity index (χ1v) is 13.0. The lowest BCUT2D eigenvalue weighted by Crippen LogP contribution is -2.50. The number of fused-ring (bicyclic) bond motifs is 2. The highest BCUT2D eigenvalue weighted by atomic mass is 32.2. The van der Waals surface area contributed by atoms with E-state index in [-0.39, 0.29) is 5.91 Å². The minimum Gasteiger partial charge on any atom is -0.493 e. The summed E-state index contributed by atoms with van der Waals surface area (Å²) in [6.45, 7) is 2.58. The SMILES string of the molecule is CCCCSC1=NN2C(=c3ccccc3=N[C@H]2c2ccc(OCc3ccccc3)c(OC)c2)C(=O)N1. The van der Waals surface area contributed by atoms with E-state index in [1.165, 1.54) is 0 Å². The van der Waals surface area contributed by atoms with Crippen molar-refractivity contribution in [3.8, 4) is 11.5 Å².